The summed E-state index contributed by atoms with van der Waals surface area (Å²) in [6.07, 6.45) is 3.43. The van der Waals surface area contributed by atoms with Crippen LogP contribution in [0.25, 0.3) is 0 Å². The number of halogens is 2. The molecule has 0 radical (unpaired) electrons. The van der Waals surface area contributed by atoms with E-state index in [1.54, 1.807) is 12.2 Å². The number of aliphatic carboxylic acids is 1. The predicted octanol–water partition coefficient (Wildman–Crippen LogP) is 2.11. The number of hydrogen-bond donors (Lipinski definition) is 1. The van der Waals surface area contributed by atoms with E-state index in [0.717, 1.165) is 0 Å². The van der Waals surface area contributed by atoms with Crippen LogP contribution in [0.1, 0.15) is 6.42 Å². The van der Waals surface area contributed by atoms with Gasteiger partial charge in [0.2, 0.25) is 0 Å². The summed E-state index contributed by atoms with van der Waals surface area (Å²) in [5.74, 6) is -1.01. The zero-order chi connectivity index (χ0) is 9.84. The van der Waals surface area contributed by atoms with Gasteiger partial charge in [0.05, 0.1) is 6.10 Å². The second-order valence-corrected chi connectivity index (χ2v) is 3.42. The summed E-state index contributed by atoms with van der Waals surface area (Å²) in [6.45, 7) is -0.347. The Morgan fingerprint density at radius 3 is 2.92 bits per heavy atom. The highest BCUT2D eigenvalue weighted by Gasteiger charge is 2.17. The van der Waals surface area contributed by atoms with E-state index >= 15 is 0 Å². The molecule has 0 bridgehead atoms. The standard InChI is InChI=1S/C8H8Cl2O3/c9-5-1-2-7(6(10)3-5)13-4-8(11)12/h1,3,7H,2,4H2,(H,11,12). The molecule has 0 aromatic carbocycles. The minimum Gasteiger partial charge on any atom is -0.480 e. The Bertz CT molecular complexity index is 271. The van der Waals surface area contributed by atoms with Crippen molar-refractivity contribution >= 4 is 29.2 Å². The van der Waals surface area contributed by atoms with Crippen molar-refractivity contribution in [2.24, 2.45) is 0 Å². The van der Waals surface area contributed by atoms with Gasteiger partial charge >= 0.3 is 5.97 Å². The number of carbonyl (C=O) groups is 1. The van der Waals surface area contributed by atoms with Crippen molar-refractivity contribution in [3.05, 3.63) is 22.2 Å². The lowest BCUT2D eigenvalue weighted by molar-refractivity contribution is -0.143. The molecule has 1 aliphatic carbocycles. The van der Waals surface area contributed by atoms with Crippen LogP contribution in [0.3, 0.4) is 0 Å². The van der Waals surface area contributed by atoms with Crippen molar-refractivity contribution in [1.82, 2.24) is 0 Å². The van der Waals surface area contributed by atoms with Crippen molar-refractivity contribution in [2.75, 3.05) is 6.61 Å². The molecule has 3 nitrogen and oxygen atoms in total. The molecule has 0 aromatic rings. The van der Waals surface area contributed by atoms with Gasteiger partial charge in [-0.1, -0.05) is 29.3 Å². The molecule has 1 atom stereocenters. The number of carboxylic acid groups (broad SMARTS) is 1. The zero-order valence-electron chi connectivity index (χ0n) is 6.67. The van der Waals surface area contributed by atoms with E-state index in [1.807, 2.05) is 0 Å². The lowest BCUT2D eigenvalue weighted by Gasteiger charge is -2.17. The monoisotopic (exact) mass is 222 g/mol. The van der Waals surface area contributed by atoms with Crippen LogP contribution >= 0.6 is 23.2 Å². The maximum absolute atomic E-state index is 10.2. The van der Waals surface area contributed by atoms with Crippen LogP contribution in [0.2, 0.25) is 0 Å². The van der Waals surface area contributed by atoms with Gasteiger partial charge in [-0.3, -0.25) is 0 Å². The minimum atomic E-state index is -1.01. The van der Waals surface area contributed by atoms with Gasteiger partial charge < -0.3 is 9.84 Å². The zero-order valence-corrected chi connectivity index (χ0v) is 8.18. The van der Waals surface area contributed by atoms with Crippen LogP contribution in [-0.2, 0) is 9.53 Å². The van der Waals surface area contributed by atoms with Crippen molar-refractivity contribution in [2.45, 2.75) is 12.5 Å². The van der Waals surface area contributed by atoms with Gasteiger partial charge in [0, 0.05) is 10.1 Å². The molecule has 0 spiro atoms. The molecule has 0 fully saturated rings. The fourth-order valence-electron chi connectivity index (χ4n) is 0.935. The van der Waals surface area contributed by atoms with Crippen LogP contribution < -0.4 is 0 Å². The molecule has 0 amide bonds. The fraction of sp³-hybridized carbons (Fsp3) is 0.375. The summed E-state index contributed by atoms with van der Waals surface area (Å²) >= 11 is 11.4. The molecule has 0 heterocycles. The van der Waals surface area contributed by atoms with E-state index in [1.165, 1.54) is 0 Å². The Hall–Kier alpha value is -0.510. The Morgan fingerprint density at radius 1 is 1.69 bits per heavy atom. The smallest absolute Gasteiger partial charge is 0.329 e. The number of rotatable bonds is 3. The van der Waals surface area contributed by atoms with E-state index in [0.29, 0.717) is 16.5 Å². The van der Waals surface area contributed by atoms with E-state index in [4.69, 9.17) is 33.0 Å². The highest BCUT2D eigenvalue weighted by Crippen LogP contribution is 2.25. The Morgan fingerprint density at radius 2 is 2.38 bits per heavy atom. The van der Waals surface area contributed by atoms with Gasteiger partial charge in [-0.2, -0.15) is 0 Å². The maximum atomic E-state index is 10.2. The first-order chi connectivity index (χ1) is 6.09. The quantitative estimate of drug-likeness (QED) is 0.796. The molecule has 1 rings (SSSR count). The fourth-order valence-corrected chi connectivity index (χ4v) is 1.47. The molecule has 5 heteroatoms. The summed E-state index contributed by atoms with van der Waals surface area (Å²) in [5, 5.41) is 9.35. The molecule has 1 unspecified atom stereocenters. The van der Waals surface area contributed by atoms with Gasteiger partial charge in [0.1, 0.15) is 6.61 Å². The predicted molar refractivity (Wildman–Crippen MR) is 49.9 cm³/mol. The van der Waals surface area contributed by atoms with Crippen LogP contribution in [-0.4, -0.2) is 23.8 Å². The van der Waals surface area contributed by atoms with E-state index in [9.17, 15) is 4.79 Å². The summed E-state index contributed by atoms with van der Waals surface area (Å²) in [4.78, 5) is 10.2. The summed E-state index contributed by atoms with van der Waals surface area (Å²) in [5.41, 5.74) is 0. The molecule has 0 saturated heterocycles. The topological polar surface area (TPSA) is 46.5 Å². The second-order valence-electron chi connectivity index (χ2n) is 2.55. The molecular weight excluding hydrogens is 215 g/mol. The Kier molecular flexibility index (Phi) is 3.78. The minimum absolute atomic E-state index is 0.347. The third-order valence-corrected chi connectivity index (χ3v) is 2.13. The van der Waals surface area contributed by atoms with Crippen molar-refractivity contribution < 1.29 is 14.6 Å². The summed E-state index contributed by atoms with van der Waals surface area (Å²) < 4.78 is 5.00. The third-order valence-electron chi connectivity index (χ3n) is 1.52. The molecule has 0 aliphatic heterocycles. The highest BCUT2D eigenvalue weighted by molar-refractivity contribution is 6.35. The SMILES string of the molecule is O=C(O)COC1CC=C(Cl)C=C1Cl. The first kappa shape index (κ1) is 10.6. The van der Waals surface area contributed by atoms with Gasteiger partial charge in [0.25, 0.3) is 0 Å². The molecular formula is C8H8Cl2O3. The average Bonchev–Trinajstić information content (AvgIpc) is 2.02. The molecule has 1 aliphatic rings. The van der Waals surface area contributed by atoms with Crippen molar-refractivity contribution in [3.63, 3.8) is 0 Å². The van der Waals surface area contributed by atoms with E-state index in [2.05, 4.69) is 0 Å². The van der Waals surface area contributed by atoms with Crippen LogP contribution in [0.15, 0.2) is 22.2 Å². The molecule has 72 valence electrons. The lowest BCUT2D eigenvalue weighted by atomic mass is 10.1. The van der Waals surface area contributed by atoms with E-state index < -0.39 is 5.97 Å². The second kappa shape index (κ2) is 4.65. The number of carboxylic acids is 1. The number of hydrogen-bond acceptors (Lipinski definition) is 2. The van der Waals surface area contributed by atoms with E-state index in [-0.39, 0.29) is 12.7 Å². The lowest BCUT2D eigenvalue weighted by Crippen LogP contribution is -2.19. The normalized spacial score (nSPS) is 22.2. The highest BCUT2D eigenvalue weighted by atomic mass is 35.5. The third kappa shape index (κ3) is 3.38. The first-order valence-corrected chi connectivity index (χ1v) is 4.41. The molecule has 0 saturated carbocycles. The van der Waals surface area contributed by atoms with Crippen LogP contribution in [0.5, 0.6) is 0 Å². The molecule has 1 N–H and O–H groups in total. The molecule has 0 aromatic heterocycles. The number of allylic oxidation sites excluding steroid dienone is 2. The summed E-state index contributed by atoms with van der Waals surface area (Å²) in [7, 11) is 0. The van der Waals surface area contributed by atoms with Gasteiger partial charge in [-0.25, -0.2) is 4.79 Å². The molecule has 13 heavy (non-hydrogen) atoms. The summed E-state index contributed by atoms with van der Waals surface area (Å²) in [6, 6.07) is 0. The average molecular weight is 223 g/mol. The number of ether oxygens (including phenoxy) is 1. The van der Waals surface area contributed by atoms with Crippen molar-refractivity contribution in [1.29, 1.82) is 0 Å². The Labute approximate surface area is 85.6 Å². The Balaban J connectivity index is 2.47. The van der Waals surface area contributed by atoms with Gasteiger partial charge in [-0.15, -0.1) is 0 Å². The first-order valence-electron chi connectivity index (χ1n) is 3.65. The van der Waals surface area contributed by atoms with Crippen LogP contribution in [0.4, 0.5) is 0 Å². The maximum Gasteiger partial charge on any atom is 0.329 e. The van der Waals surface area contributed by atoms with Crippen LogP contribution in [0, 0.1) is 0 Å². The van der Waals surface area contributed by atoms with Crippen molar-refractivity contribution in [3.8, 4) is 0 Å². The van der Waals surface area contributed by atoms with Gasteiger partial charge in [0.15, 0.2) is 0 Å². The van der Waals surface area contributed by atoms with Gasteiger partial charge in [-0.05, 0) is 12.5 Å². The largest absolute Gasteiger partial charge is 0.480 e.